The van der Waals surface area contributed by atoms with Gasteiger partial charge in [0.15, 0.2) is 0 Å². The van der Waals surface area contributed by atoms with Crippen LogP contribution >= 0.6 is 23.5 Å². The molecule has 4 atom stereocenters. The summed E-state index contributed by atoms with van der Waals surface area (Å²) in [4.78, 5) is 4.43. The van der Waals surface area contributed by atoms with E-state index in [-0.39, 0.29) is 6.04 Å². The number of hydrogen-bond acceptors (Lipinski definition) is 4. The highest BCUT2D eigenvalue weighted by Crippen LogP contribution is 2.37. The summed E-state index contributed by atoms with van der Waals surface area (Å²) in [7, 11) is 0. The molecule has 1 aliphatic rings. The monoisotopic (exact) mass is 318 g/mol. The molecule has 2 aromatic rings. The smallest absolute Gasteiger partial charge is 0.0704 e. The van der Waals surface area contributed by atoms with Gasteiger partial charge in [0.2, 0.25) is 0 Å². The van der Waals surface area contributed by atoms with Gasteiger partial charge in [0.25, 0.3) is 0 Å². The van der Waals surface area contributed by atoms with E-state index in [1.807, 2.05) is 12.3 Å². The minimum absolute atomic E-state index is 0.211. The lowest BCUT2D eigenvalue weighted by Gasteiger charge is -2.34. The lowest BCUT2D eigenvalue weighted by Crippen LogP contribution is -2.41. The van der Waals surface area contributed by atoms with Crippen LogP contribution in [0.15, 0.2) is 36.5 Å². The molecule has 1 aromatic carbocycles. The van der Waals surface area contributed by atoms with Gasteiger partial charge in [-0.05, 0) is 24.1 Å². The number of hydrogen-bond donors (Lipinski definition) is 1. The molecule has 4 unspecified atom stereocenters. The number of aromatic nitrogens is 1. The van der Waals surface area contributed by atoms with Crippen molar-refractivity contribution in [1.82, 2.24) is 4.98 Å². The highest BCUT2D eigenvalue weighted by Gasteiger charge is 2.29. The number of thioether (sulfide) groups is 2. The third kappa shape index (κ3) is 3.38. The first-order chi connectivity index (χ1) is 10.1. The van der Waals surface area contributed by atoms with Crippen LogP contribution in [0.2, 0.25) is 0 Å². The van der Waals surface area contributed by atoms with Gasteiger partial charge in [0.1, 0.15) is 0 Å². The molecule has 0 spiro atoms. The van der Waals surface area contributed by atoms with Crippen molar-refractivity contribution in [1.29, 1.82) is 0 Å². The molecule has 0 aliphatic carbocycles. The predicted molar refractivity (Wildman–Crippen MR) is 96.2 cm³/mol. The number of benzene rings is 1. The van der Waals surface area contributed by atoms with Crippen LogP contribution < -0.4 is 5.73 Å². The lowest BCUT2D eigenvalue weighted by molar-refractivity contribution is 0.659. The first-order valence-electron chi connectivity index (χ1n) is 7.50. The van der Waals surface area contributed by atoms with Gasteiger partial charge in [-0.3, -0.25) is 4.98 Å². The fourth-order valence-electron chi connectivity index (χ4n) is 2.75. The van der Waals surface area contributed by atoms with E-state index in [9.17, 15) is 0 Å². The third-order valence-electron chi connectivity index (χ3n) is 4.25. The number of fused-ring (bicyclic) bond motifs is 1. The van der Waals surface area contributed by atoms with Gasteiger partial charge in [-0.25, -0.2) is 0 Å². The second-order valence-corrected chi connectivity index (χ2v) is 8.80. The molecule has 0 saturated carbocycles. The molecule has 1 fully saturated rings. The van der Waals surface area contributed by atoms with E-state index >= 15 is 0 Å². The first-order valence-corrected chi connectivity index (χ1v) is 9.49. The minimum Gasteiger partial charge on any atom is -0.326 e. The highest BCUT2D eigenvalue weighted by molar-refractivity contribution is 8.07. The second-order valence-electron chi connectivity index (χ2n) is 5.77. The van der Waals surface area contributed by atoms with Gasteiger partial charge in [-0.15, -0.1) is 0 Å². The Morgan fingerprint density at radius 2 is 2.05 bits per heavy atom. The van der Waals surface area contributed by atoms with E-state index in [1.165, 1.54) is 16.7 Å². The zero-order valence-corrected chi connectivity index (χ0v) is 14.2. The summed E-state index contributed by atoms with van der Waals surface area (Å²) in [6, 6.07) is 10.7. The van der Waals surface area contributed by atoms with Gasteiger partial charge < -0.3 is 5.73 Å². The number of para-hydroxylation sites is 1. The molecular formula is C17H22N2S2. The molecule has 112 valence electrons. The SMILES string of the molecule is CC1SCC(C(N)Cc2ccnc3ccccc23)SC1C. The van der Waals surface area contributed by atoms with E-state index in [0.29, 0.717) is 10.5 Å². The lowest BCUT2D eigenvalue weighted by atomic mass is 10.0. The molecule has 1 aromatic heterocycles. The van der Waals surface area contributed by atoms with Crippen LogP contribution in [-0.4, -0.2) is 32.5 Å². The number of nitrogens with two attached hydrogens (primary N) is 1. The normalized spacial score (nSPS) is 27.7. The Labute approximate surface area is 135 Å². The predicted octanol–water partition coefficient (Wildman–Crippen LogP) is 3.73. The number of pyridine rings is 1. The fourth-order valence-corrected chi connectivity index (χ4v) is 5.81. The van der Waals surface area contributed by atoms with Crippen molar-refractivity contribution in [3.8, 4) is 0 Å². The van der Waals surface area contributed by atoms with Gasteiger partial charge in [-0.2, -0.15) is 23.5 Å². The quantitative estimate of drug-likeness (QED) is 0.936. The Balaban J connectivity index is 1.76. The topological polar surface area (TPSA) is 38.9 Å². The molecule has 0 amide bonds. The average molecular weight is 319 g/mol. The Hall–Kier alpha value is -0.710. The second kappa shape index (κ2) is 6.59. The Bertz CT molecular complexity index is 611. The van der Waals surface area contributed by atoms with Gasteiger partial charge in [0.05, 0.1) is 5.52 Å². The largest absolute Gasteiger partial charge is 0.326 e. The summed E-state index contributed by atoms with van der Waals surface area (Å²) in [5, 5.41) is 3.22. The van der Waals surface area contributed by atoms with Crippen molar-refractivity contribution in [3.05, 3.63) is 42.1 Å². The van der Waals surface area contributed by atoms with E-state index in [0.717, 1.165) is 17.2 Å². The molecule has 2 nitrogen and oxygen atoms in total. The van der Waals surface area contributed by atoms with Crippen molar-refractivity contribution in [3.63, 3.8) is 0 Å². The number of nitrogens with zero attached hydrogens (tertiary/aromatic N) is 1. The Morgan fingerprint density at radius 1 is 1.24 bits per heavy atom. The molecule has 1 aliphatic heterocycles. The van der Waals surface area contributed by atoms with E-state index in [4.69, 9.17) is 5.73 Å². The molecule has 3 rings (SSSR count). The zero-order valence-electron chi connectivity index (χ0n) is 12.5. The number of rotatable bonds is 3. The Kier molecular flexibility index (Phi) is 4.77. The van der Waals surface area contributed by atoms with Crippen molar-refractivity contribution in [2.45, 2.75) is 42.1 Å². The zero-order chi connectivity index (χ0) is 14.8. The molecular weight excluding hydrogens is 296 g/mol. The average Bonchev–Trinajstić information content (AvgIpc) is 2.50. The van der Waals surface area contributed by atoms with Crippen LogP contribution in [0.5, 0.6) is 0 Å². The first kappa shape index (κ1) is 15.2. The van der Waals surface area contributed by atoms with Crippen molar-refractivity contribution >= 4 is 34.4 Å². The molecule has 2 N–H and O–H groups in total. The van der Waals surface area contributed by atoms with Crippen LogP contribution in [0.25, 0.3) is 10.9 Å². The van der Waals surface area contributed by atoms with Crippen LogP contribution in [0.1, 0.15) is 19.4 Å². The molecule has 0 radical (unpaired) electrons. The minimum atomic E-state index is 0.211. The maximum atomic E-state index is 6.52. The summed E-state index contributed by atoms with van der Waals surface area (Å²) >= 11 is 4.13. The van der Waals surface area contributed by atoms with Crippen LogP contribution in [0.4, 0.5) is 0 Å². The summed E-state index contributed by atoms with van der Waals surface area (Å²) in [6.07, 6.45) is 2.83. The standard InChI is InChI=1S/C17H22N2S2/c1-11-12(2)21-17(10-20-11)15(18)9-13-7-8-19-16-6-4-3-5-14(13)16/h3-8,11-12,15,17H,9-10,18H2,1-2H3. The highest BCUT2D eigenvalue weighted by atomic mass is 32.2. The summed E-state index contributed by atoms with van der Waals surface area (Å²) < 4.78 is 0. The van der Waals surface area contributed by atoms with Crippen LogP contribution in [0.3, 0.4) is 0 Å². The summed E-state index contributed by atoms with van der Waals surface area (Å²) in [5.74, 6) is 1.17. The molecule has 1 saturated heterocycles. The van der Waals surface area contributed by atoms with E-state index in [2.05, 4.69) is 66.6 Å². The third-order valence-corrected chi connectivity index (χ3v) is 7.82. The van der Waals surface area contributed by atoms with Crippen LogP contribution in [-0.2, 0) is 6.42 Å². The molecule has 4 heteroatoms. The van der Waals surface area contributed by atoms with Crippen molar-refractivity contribution in [2.75, 3.05) is 5.75 Å². The fraction of sp³-hybridized carbons (Fsp3) is 0.471. The molecule has 21 heavy (non-hydrogen) atoms. The maximum Gasteiger partial charge on any atom is 0.0704 e. The van der Waals surface area contributed by atoms with E-state index in [1.54, 1.807) is 0 Å². The van der Waals surface area contributed by atoms with Gasteiger partial charge >= 0.3 is 0 Å². The molecule has 2 heterocycles. The molecule has 0 bridgehead atoms. The summed E-state index contributed by atoms with van der Waals surface area (Å²) in [6.45, 7) is 4.64. The van der Waals surface area contributed by atoms with Crippen molar-refractivity contribution < 1.29 is 0 Å². The summed E-state index contributed by atoms with van der Waals surface area (Å²) in [5.41, 5.74) is 8.91. The van der Waals surface area contributed by atoms with Crippen molar-refractivity contribution in [2.24, 2.45) is 5.73 Å². The van der Waals surface area contributed by atoms with E-state index < -0.39 is 0 Å². The maximum absolute atomic E-state index is 6.52. The van der Waals surface area contributed by atoms with Gasteiger partial charge in [0, 0.05) is 39.1 Å². The Morgan fingerprint density at radius 3 is 2.86 bits per heavy atom. The van der Waals surface area contributed by atoms with Crippen LogP contribution in [0, 0.1) is 0 Å². The van der Waals surface area contributed by atoms with Gasteiger partial charge in [-0.1, -0.05) is 32.0 Å².